The van der Waals surface area contributed by atoms with Crippen LogP contribution in [0, 0.1) is 10.1 Å². The molecule has 2 N–H and O–H groups in total. The molecule has 0 amide bonds. The lowest BCUT2D eigenvalue weighted by atomic mass is 10.0. The van der Waals surface area contributed by atoms with Crippen LogP contribution < -0.4 is 5.32 Å². The Hall–Kier alpha value is -2.39. The second kappa shape index (κ2) is 4.71. The van der Waals surface area contributed by atoms with Crippen molar-refractivity contribution in [1.82, 2.24) is 4.98 Å². The molecular weight excluding hydrogens is 271 g/mol. The molecule has 1 unspecified atom stereocenters. The molecule has 1 aromatic heterocycles. The van der Waals surface area contributed by atoms with Crippen molar-refractivity contribution in [3.05, 3.63) is 28.4 Å². The van der Waals surface area contributed by atoms with Crippen LogP contribution in [0.25, 0.3) is 0 Å². The number of hydrogen-bond acceptors (Lipinski definition) is 5. The smallest absolute Gasteiger partial charge is 0.422 e. The van der Waals surface area contributed by atoms with Gasteiger partial charge in [0.1, 0.15) is 0 Å². The van der Waals surface area contributed by atoms with Gasteiger partial charge in [-0.3, -0.25) is 0 Å². The van der Waals surface area contributed by atoms with Gasteiger partial charge in [-0.25, -0.2) is 4.79 Å². The molecule has 0 aliphatic carbocycles. The van der Waals surface area contributed by atoms with E-state index >= 15 is 0 Å². The fourth-order valence-electron chi connectivity index (χ4n) is 1.10. The number of aliphatic carboxylic acids is 1. The Morgan fingerprint density at radius 2 is 2.05 bits per heavy atom. The van der Waals surface area contributed by atoms with E-state index in [9.17, 15) is 28.1 Å². The quantitative estimate of drug-likeness (QED) is 0.643. The molecule has 0 aromatic carbocycles. The molecule has 0 radical (unpaired) electrons. The van der Waals surface area contributed by atoms with E-state index in [0.29, 0.717) is 6.92 Å². The number of rotatable bonds is 4. The van der Waals surface area contributed by atoms with Crippen molar-refractivity contribution >= 4 is 17.5 Å². The number of pyridine rings is 1. The topological polar surface area (TPSA) is 105 Å². The molecule has 19 heavy (non-hydrogen) atoms. The van der Waals surface area contributed by atoms with Gasteiger partial charge in [-0.1, -0.05) is 0 Å². The minimum Gasteiger partial charge on any atom is -0.479 e. The fourth-order valence-corrected chi connectivity index (χ4v) is 1.10. The monoisotopic (exact) mass is 279 g/mol. The van der Waals surface area contributed by atoms with E-state index in [1.165, 1.54) is 0 Å². The van der Waals surface area contributed by atoms with Crippen molar-refractivity contribution in [3.63, 3.8) is 0 Å². The summed E-state index contributed by atoms with van der Waals surface area (Å²) in [5.74, 6) is -2.69. The Morgan fingerprint density at radius 3 is 2.37 bits per heavy atom. The zero-order valence-electron chi connectivity index (χ0n) is 9.43. The molecule has 1 heterocycles. The minimum absolute atomic E-state index is 0.298. The third kappa shape index (κ3) is 2.89. The molecule has 0 saturated heterocycles. The summed E-state index contributed by atoms with van der Waals surface area (Å²) >= 11 is 0. The van der Waals surface area contributed by atoms with Gasteiger partial charge >= 0.3 is 18.0 Å². The zero-order valence-corrected chi connectivity index (χ0v) is 9.43. The van der Waals surface area contributed by atoms with Crippen molar-refractivity contribution in [2.24, 2.45) is 0 Å². The third-order valence-electron chi connectivity index (χ3n) is 2.32. The predicted octanol–water partition coefficient (Wildman–Crippen LogP) is 1.81. The molecule has 0 bridgehead atoms. The number of carboxylic acids is 1. The molecule has 0 spiro atoms. The summed E-state index contributed by atoms with van der Waals surface area (Å²) in [6.07, 6.45) is -4.30. The Labute approximate surface area is 104 Å². The standard InChI is InChI=1S/C9H8F3N3O4/c1-8(7(16)17,9(10,11)12)14-5-2-3-6(13-4-5)15(18)19/h2-4,14H,1H3,(H,16,17). The Morgan fingerprint density at radius 1 is 1.47 bits per heavy atom. The summed E-state index contributed by atoms with van der Waals surface area (Å²) in [6, 6.07) is 1.80. The van der Waals surface area contributed by atoms with Crippen LogP contribution in [0.4, 0.5) is 24.7 Å². The van der Waals surface area contributed by atoms with Crippen molar-refractivity contribution in [2.45, 2.75) is 18.6 Å². The van der Waals surface area contributed by atoms with E-state index in [1.54, 1.807) is 5.32 Å². The van der Waals surface area contributed by atoms with Gasteiger partial charge in [0.15, 0.2) is 6.20 Å². The van der Waals surface area contributed by atoms with Crippen LogP contribution in [0.2, 0.25) is 0 Å². The van der Waals surface area contributed by atoms with Gasteiger partial charge in [-0.05, 0) is 22.9 Å². The highest BCUT2D eigenvalue weighted by atomic mass is 19.4. The highest BCUT2D eigenvalue weighted by molar-refractivity contribution is 5.83. The van der Waals surface area contributed by atoms with Gasteiger partial charge in [0.05, 0.1) is 5.69 Å². The third-order valence-corrected chi connectivity index (χ3v) is 2.32. The van der Waals surface area contributed by atoms with Crippen LogP contribution in [-0.2, 0) is 4.79 Å². The SMILES string of the molecule is CC(Nc1ccc([N+](=O)[O-])nc1)(C(=O)O)C(F)(F)F. The summed E-state index contributed by atoms with van der Waals surface area (Å²) in [5, 5.41) is 20.7. The zero-order chi connectivity index (χ0) is 14.8. The molecule has 7 nitrogen and oxygen atoms in total. The van der Waals surface area contributed by atoms with Crippen molar-refractivity contribution in [3.8, 4) is 0 Å². The Balaban J connectivity index is 3.05. The summed E-state index contributed by atoms with van der Waals surface area (Å²) in [4.78, 5) is 23.5. The number of nitrogens with one attached hydrogen (secondary N) is 1. The molecule has 1 rings (SSSR count). The number of nitro groups is 1. The molecule has 1 atom stereocenters. The first-order valence-corrected chi connectivity index (χ1v) is 4.76. The number of halogens is 3. The summed E-state index contributed by atoms with van der Waals surface area (Å²) in [7, 11) is 0. The van der Waals surface area contributed by atoms with Crippen LogP contribution in [-0.4, -0.2) is 32.7 Å². The minimum atomic E-state index is -5.05. The molecule has 0 aliphatic rings. The number of aromatic nitrogens is 1. The van der Waals surface area contributed by atoms with E-state index in [1.807, 2.05) is 0 Å². The average molecular weight is 279 g/mol. The summed E-state index contributed by atoms with van der Waals surface area (Å²) in [5.41, 5.74) is -3.52. The fraction of sp³-hybridized carbons (Fsp3) is 0.333. The molecule has 10 heteroatoms. The Kier molecular flexibility index (Phi) is 3.63. The van der Waals surface area contributed by atoms with Crippen LogP contribution in [0.5, 0.6) is 0 Å². The van der Waals surface area contributed by atoms with Gasteiger partial charge in [-0.2, -0.15) is 13.2 Å². The first-order valence-electron chi connectivity index (χ1n) is 4.76. The van der Waals surface area contributed by atoms with Gasteiger partial charge in [0.25, 0.3) is 0 Å². The number of alkyl halides is 3. The van der Waals surface area contributed by atoms with E-state index in [2.05, 4.69) is 4.98 Å². The average Bonchev–Trinajstić information content (AvgIpc) is 2.27. The number of carboxylic acid groups (broad SMARTS) is 1. The van der Waals surface area contributed by atoms with Crippen molar-refractivity contribution in [1.29, 1.82) is 0 Å². The van der Waals surface area contributed by atoms with Crippen molar-refractivity contribution in [2.75, 3.05) is 5.32 Å². The maximum Gasteiger partial charge on any atom is 0.422 e. The first-order chi connectivity index (χ1) is 8.58. The molecule has 104 valence electrons. The van der Waals surface area contributed by atoms with Crippen LogP contribution in [0.1, 0.15) is 6.92 Å². The maximum atomic E-state index is 12.7. The maximum absolute atomic E-state index is 12.7. The number of anilines is 1. The largest absolute Gasteiger partial charge is 0.479 e. The first kappa shape index (κ1) is 14.7. The number of carbonyl (C=O) groups is 1. The number of hydrogen-bond donors (Lipinski definition) is 2. The lowest BCUT2D eigenvalue weighted by Crippen LogP contribution is -2.55. The van der Waals surface area contributed by atoms with Gasteiger partial charge in [0.2, 0.25) is 5.54 Å². The highest BCUT2D eigenvalue weighted by Gasteiger charge is 2.57. The van der Waals surface area contributed by atoms with Crippen LogP contribution in [0.3, 0.4) is 0 Å². The van der Waals surface area contributed by atoms with Gasteiger partial charge in [0, 0.05) is 6.07 Å². The normalized spacial score (nSPS) is 14.5. The van der Waals surface area contributed by atoms with Crippen LogP contribution in [0.15, 0.2) is 18.3 Å². The van der Waals surface area contributed by atoms with E-state index in [-0.39, 0.29) is 5.69 Å². The summed E-state index contributed by atoms with van der Waals surface area (Å²) < 4.78 is 38.0. The van der Waals surface area contributed by atoms with E-state index in [4.69, 9.17) is 5.11 Å². The molecule has 0 aliphatic heterocycles. The molecular formula is C9H8F3N3O4. The second-order valence-corrected chi connectivity index (χ2v) is 3.72. The number of nitrogens with zero attached hydrogens (tertiary/aromatic N) is 2. The highest BCUT2D eigenvalue weighted by Crippen LogP contribution is 2.33. The Bertz CT molecular complexity index is 502. The molecule has 1 aromatic rings. The van der Waals surface area contributed by atoms with E-state index < -0.39 is 28.4 Å². The second-order valence-electron chi connectivity index (χ2n) is 3.72. The van der Waals surface area contributed by atoms with E-state index in [0.717, 1.165) is 18.3 Å². The lowest BCUT2D eigenvalue weighted by Gasteiger charge is -2.28. The lowest BCUT2D eigenvalue weighted by molar-refractivity contribution is -0.389. The molecule has 0 saturated carbocycles. The van der Waals surface area contributed by atoms with Crippen molar-refractivity contribution < 1.29 is 28.0 Å². The van der Waals surface area contributed by atoms with Crippen LogP contribution >= 0.6 is 0 Å². The predicted molar refractivity (Wildman–Crippen MR) is 56.6 cm³/mol. The summed E-state index contributed by atoms with van der Waals surface area (Å²) in [6.45, 7) is 0.441. The van der Waals surface area contributed by atoms with Gasteiger partial charge in [-0.15, -0.1) is 0 Å². The molecule has 0 fully saturated rings. The van der Waals surface area contributed by atoms with Gasteiger partial charge < -0.3 is 20.5 Å².